The number of nitrogens with zero attached hydrogens (tertiary/aromatic N) is 5. The summed E-state index contributed by atoms with van der Waals surface area (Å²) in [5.74, 6) is -1.08. The number of anilines is 3. The molecule has 2 aliphatic heterocycles. The topological polar surface area (TPSA) is 129 Å². The fraction of sp³-hybridized carbons (Fsp3) is 0.286. The number of aryl methyl sites for hydroxylation is 1. The van der Waals surface area contributed by atoms with Gasteiger partial charge in [-0.05, 0) is 48.9 Å². The lowest BCUT2D eigenvalue weighted by atomic mass is 9.72. The van der Waals surface area contributed by atoms with Crippen molar-refractivity contribution in [3.8, 4) is 0 Å². The molecule has 2 fully saturated rings. The van der Waals surface area contributed by atoms with Gasteiger partial charge < -0.3 is 15.1 Å². The Balaban J connectivity index is 1.30. The lowest BCUT2D eigenvalue weighted by Crippen LogP contribution is -2.73. The molecule has 0 atom stereocenters. The predicted molar refractivity (Wildman–Crippen MR) is 155 cm³/mol. The van der Waals surface area contributed by atoms with E-state index in [-0.39, 0.29) is 45.5 Å². The quantitative estimate of drug-likeness (QED) is 0.323. The molecular weight excluding hydrogens is 585 g/mol. The first-order chi connectivity index (χ1) is 20.0. The number of likely N-dealkylation sites (tertiary alicyclic amines) is 1. The van der Waals surface area contributed by atoms with Crippen LogP contribution in [-0.2, 0) is 14.8 Å². The second kappa shape index (κ2) is 10.2. The zero-order chi connectivity index (χ0) is 29.8. The number of benzene rings is 2. The second-order valence-corrected chi connectivity index (χ2v) is 12.8. The summed E-state index contributed by atoms with van der Waals surface area (Å²) in [5.41, 5.74) is 2.39. The van der Waals surface area contributed by atoms with E-state index in [4.69, 9.17) is 11.6 Å². The summed E-state index contributed by atoms with van der Waals surface area (Å²) in [6, 6.07) is 11.7. The summed E-state index contributed by atoms with van der Waals surface area (Å²) in [7, 11) is -4.26. The van der Waals surface area contributed by atoms with Gasteiger partial charge in [-0.1, -0.05) is 24.6 Å². The van der Waals surface area contributed by atoms with Crippen molar-refractivity contribution in [1.29, 1.82) is 0 Å². The highest BCUT2D eigenvalue weighted by atomic mass is 35.5. The number of rotatable bonds is 7. The van der Waals surface area contributed by atoms with Gasteiger partial charge in [0.15, 0.2) is 10.5 Å². The average molecular weight is 612 g/mol. The van der Waals surface area contributed by atoms with Crippen molar-refractivity contribution in [2.45, 2.75) is 25.2 Å². The van der Waals surface area contributed by atoms with Crippen LogP contribution in [-0.4, -0.2) is 65.9 Å². The van der Waals surface area contributed by atoms with Crippen molar-refractivity contribution in [1.82, 2.24) is 24.2 Å². The minimum absolute atomic E-state index is 0.0256. The Bertz CT molecular complexity index is 1830. The number of halogens is 2. The first kappa shape index (κ1) is 27.9. The van der Waals surface area contributed by atoms with Crippen LogP contribution < -0.4 is 14.9 Å². The molecule has 6 rings (SSSR count). The van der Waals surface area contributed by atoms with E-state index in [1.807, 2.05) is 17.7 Å². The van der Waals surface area contributed by atoms with Crippen LogP contribution in [0, 0.1) is 18.2 Å². The fourth-order valence-corrected chi connectivity index (χ4v) is 6.68. The molecule has 0 saturated carbocycles. The normalized spacial score (nSPS) is 15.8. The number of hydrogen-bond donors (Lipinski definition) is 2. The summed E-state index contributed by atoms with van der Waals surface area (Å²) >= 11 is 6.45. The second-order valence-electron chi connectivity index (χ2n) is 10.7. The Labute approximate surface area is 246 Å². The Kier molecular flexibility index (Phi) is 6.81. The number of amides is 2. The van der Waals surface area contributed by atoms with Crippen LogP contribution in [0.3, 0.4) is 0 Å². The van der Waals surface area contributed by atoms with E-state index >= 15 is 0 Å². The molecule has 14 heteroatoms. The maximum Gasteiger partial charge on any atom is 0.269 e. The molecule has 2 aromatic carbocycles. The van der Waals surface area contributed by atoms with E-state index in [1.54, 1.807) is 29.2 Å². The molecule has 2 N–H and O–H groups in total. The van der Waals surface area contributed by atoms with E-state index in [0.29, 0.717) is 23.8 Å². The number of hydrogen-bond acceptors (Lipinski definition) is 8. The summed E-state index contributed by atoms with van der Waals surface area (Å²) < 4.78 is 42.4. The summed E-state index contributed by atoms with van der Waals surface area (Å²) in [6.07, 6.45) is 2.37. The van der Waals surface area contributed by atoms with Crippen molar-refractivity contribution in [3.63, 3.8) is 0 Å². The van der Waals surface area contributed by atoms with Crippen molar-refractivity contribution in [3.05, 3.63) is 76.8 Å². The highest BCUT2D eigenvalue weighted by molar-refractivity contribution is 7.90. The zero-order valence-corrected chi connectivity index (χ0v) is 24.3. The van der Waals surface area contributed by atoms with E-state index < -0.39 is 15.9 Å². The maximum atomic E-state index is 13.8. The molecule has 1 spiro atoms. The van der Waals surface area contributed by atoms with Gasteiger partial charge in [-0.15, -0.1) is 0 Å². The molecule has 0 aliphatic carbocycles. The molecule has 218 valence electrons. The fourth-order valence-electron chi connectivity index (χ4n) is 5.39. The third-order valence-corrected chi connectivity index (χ3v) is 9.24. The van der Waals surface area contributed by atoms with Crippen LogP contribution >= 0.6 is 11.6 Å². The molecule has 2 saturated heterocycles. The van der Waals surface area contributed by atoms with Crippen LogP contribution in [0.15, 0.2) is 59.8 Å². The van der Waals surface area contributed by atoms with Gasteiger partial charge in [0.2, 0.25) is 5.91 Å². The van der Waals surface area contributed by atoms with Crippen LogP contribution in [0.2, 0.25) is 5.02 Å². The van der Waals surface area contributed by atoms with Crippen molar-refractivity contribution in [2.75, 3.05) is 36.4 Å². The van der Waals surface area contributed by atoms with E-state index in [0.717, 1.165) is 30.5 Å². The molecule has 0 radical (unpaired) electrons. The number of aromatic nitrogens is 3. The summed E-state index contributed by atoms with van der Waals surface area (Å²) in [5, 5.41) is 7.79. The van der Waals surface area contributed by atoms with Crippen LogP contribution in [0.4, 0.5) is 21.6 Å². The average Bonchev–Trinajstić information content (AvgIpc) is 3.35. The lowest BCUT2D eigenvalue weighted by Gasteiger charge is -2.60. The lowest BCUT2D eigenvalue weighted by molar-refractivity contribution is -0.119. The number of nitrogens with one attached hydrogen (secondary N) is 2. The predicted octanol–water partition coefficient (Wildman–Crippen LogP) is 3.75. The van der Waals surface area contributed by atoms with E-state index in [1.165, 1.54) is 29.8 Å². The Morgan fingerprint density at radius 2 is 1.79 bits per heavy atom. The molecule has 11 nitrogen and oxygen atoms in total. The third-order valence-electron chi connectivity index (χ3n) is 7.54. The molecule has 2 aromatic heterocycles. The zero-order valence-electron chi connectivity index (χ0n) is 22.8. The number of carbonyl (C=O) groups is 2. The highest BCUT2D eigenvalue weighted by Gasteiger charge is 2.53. The number of carbonyl (C=O) groups excluding carboxylic acids is 2. The minimum Gasteiger partial charge on any atom is -0.370 e. The number of sulfonamides is 1. The third kappa shape index (κ3) is 4.92. The molecular formula is C28H27ClFN7O4S. The number of fused-ring (bicyclic) bond motifs is 1. The van der Waals surface area contributed by atoms with Gasteiger partial charge in [-0.3, -0.25) is 9.59 Å². The van der Waals surface area contributed by atoms with E-state index in [9.17, 15) is 22.4 Å². The van der Waals surface area contributed by atoms with Gasteiger partial charge in [0.1, 0.15) is 17.2 Å². The van der Waals surface area contributed by atoms with Crippen molar-refractivity contribution >= 4 is 56.3 Å². The monoisotopic (exact) mass is 611 g/mol. The summed E-state index contributed by atoms with van der Waals surface area (Å²) in [4.78, 5) is 33.5. The first-order valence-electron chi connectivity index (χ1n) is 13.2. The molecule has 0 unspecified atom stereocenters. The van der Waals surface area contributed by atoms with Crippen LogP contribution in [0.5, 0.6) is 0 Å². The maximum absolute atomic E-state index is 13.8. The van der Waals surface area contributed by atoms with Gasteiger partial charge in [0.25, 0.3) is 15.9 Å². The first-order valence-corrected chi connectivity index (χ1v) is 15.1. The van der Waals surface area contributed by atoms with Crippen LogP contribution in [0.1, 0.15) is 29.3 Å². The smallest absolute Gasteiger partial charge is 0.269 e. The summed E-state index contributed by atoms with van der Waals surface area (Å²) in [6.45, 7) is 5.95. The molecule has 42 heavy (non-hydrogen) atoms. The van der Waals surface area contributed by atoms with Gasteiger partial charge >= 0.3 is 0 Å². The van der Waals surface area contributed by atoms with Crippen molar-refractivity contribution < 1.29 is 22.4 Å². The van der Waals surface area contributed by atoms with Gasteiger partial charge in [-0.25, -0.2) is 22.5 Å². The molecule has 4 heterocycles. The van der Waals surface area contributed by atoms with Gasteiger partial charge in [0, 0.05) is 49.9 Å². The van der Waals surface area contributed by atoms with Gasteiger partial charge in [-0.2, -0.15) is 9.61 Å². The van der Waals surface area contributed by atoms with Crippen molar-refractivity contribution in [2.24, 2.45) is 5.41 Å². The van der Waals surface area contributed by atoms with E-state index in [2.05, 4.69) is 20.3 Å². The minimum atomic E-state index is -4.26. The SMILES string of the molecule is CCC(=O)NS(=O)(=O)c1cnn2c(Nc3cc(C)ccc3Cl)c(C(=O)N3CC4(C3)CN(c3ccc(F)cc3)C4)cnc12. The Morgan fingerprint density at radius 1 is 1.07 bits per heavy atom. The largest absolute Gasteiger partial charge is 0.370 e. The highest BCUT2D eigenvalue weighted by Crippen LogP contribution is 2.43. The molecule has 4 aromatic rings. The van der Waals surface area contributed by atoms with Gasteiger partial charge in [0.05, 0.1) is 16.9 Å². The Hall–Kier alpha value is -4.23. The van der Waals surface area contributed by atoms with Crippen LogP contribution in [0.25, 0.3) is 5.65 Å². The molecule has 0 bridgehead atoms. The Morgan fingerprint density at radius 3 is 2.48 bits per heavy atom. The molecule has 2 amide bonds. The molecule has 2 aliphatic rings. The standard InChI is InChI=1S/C28H27ClFN7O4S/c1-3-24(38)34-42(40,41)23-12-32-37-25(33-22-10-17(2)4-9-21(22)29)20(11-31-26(23)37)27(39)36-15-28(16-36)13-35(14-28)19-7-5-18(30)6-8-19/h4-12,33H,3,13-16H2,1-2H3,(H,34,38).